The van der Waals surface area contributed by atoms with Gasteiger partial charge in [0.2, 0.25) is 0 Å². The normalized spacial score (nSPS) is 44.4. The van der Waals surface area contributed by atoms with Crippen molar-refractivity contribution in [2.45, 2.75) is 135 Å². The number of hydrogen-bond donors (Lipinski definition) is 4. The van der Waals surface area contributed by atoms with E-state index in [-0.39, 0.29) is 49.0 Å². The molecule has 4 N–H and O–H groups in total. The van der Waals surface area contributed by atoms with E-state index >= 15 is 0 Å². The molecule has 4 aliphatic carbocycles. The molecule has 1 spiro atoms. The topological polar surface area (TPSA) is 195 Å². The van der Waals surface area contributed by atoms with Gasteiger partial charge in [-0.2, -0.15) is 0 Å². The van der Waals surface area contributed by atoms with Crippen LogP contribution in [0.4, 0.5) is 0 Å². The Labute approximate surface area is 293 Å². The summed E-state index contributed by atoms with van der Waals surface area (Å²) in [5.41, 5.74) is -3.67. The molecule has 0 aromatic carbocycles. The van der Waals surface area contributed by atoms with Gasteiger partial charge in [0.15, 0.2) is 24.6 Å². The average molecular weight is 707 g/mol. The van der Waals surface area contributed by atoms with Crippen LogP contribution in [0.1, 0.15) is 98.3 Å². The summed E-state index contributed by atoms with van der Waals surface area (Å²) in [7, 11) is 1.40. The van der Waals surface area contributed by atoms with E-state index in [2.05, 4.69) is 6.92 Å². The molecule has 0 aromatic rings. The highest BCUT2D eigenvalue weighted by atomic mass is 16.8. The Hall–Kier alpha value is -2.58. The van der Waals surface area contributed by atoms with Crippen LogP contribution in [0.3, 0.4) is 0 Å². The summed E-state index contributed by atoms with van der Waals surface area (Å²) >= 11 is 0. The first-order chi connectivity index (χ1) is 23.6. The standard InChI is InChI=1S/C37H54O13/c1-19(2)25-15-22-16-35(32(42)43)24-14-13-20(3)23(24)17-34(22,36(25,35)33(44)45)18-47-31-28(40)37(29(46-5)21(4)48-31)49-26(30(41)50-37)11-9-7-6-8-10-12-27(38)39/h15,19-24,26,28-29,31,40H,6-14,16-18H2,1-5H3,(H,38,39)(H,42,43)(H,44,45). The molecule has 2 aliphatic heterocycles. The van der Waals surface area contributed by atoms with E-state index in [1.807, 2.05) is 19.9 Å². The third-order valence-corrected chi connectivity index (χ3v) is 13.5. The number of esters is 1. The Morgan fingerprint density at radius 2 is 1.70 bits per heavy atom. The lowest BCUT2D eigenvalue weighted by atomic mass is 9.42. The molecule has 6 aliphatic rings. The number of allylic oxidation sites excluding steroid dienone is 1. The SMILES string of the molecule is COC1C(C)OC(OCC23CC4C(C)CCC4C4(C(=O)O)CC2C=C(C(C)C)C34C(=O)O)C(O)C12OC(=O)C(CCCCCCCC(=O)O)O2. The summed E-state index contributed by atoms with van der Waals surface area (Å²) in [4.78, 5) is 51.3. The highest BCUT2D eigenvalue weighted by Gasteiger charge is 2.86. The molecule has 4 bridgehead atoms. The fourth-order valence-corrected chi connectivity index (χ4v) is 11.6. The molecular formula is C37H54O13. The van der Waals surface area contributed by atoms with Gasteiger partial charge in [-0.25, -0.2) is 4.79 Å². The minimum atomic E-state index is -1.94. The van der Waals surface area contributed by atoms with Gasteiger partial charge >= 0.3 is 23.9 Å². The maximum absolute atomic E-state index is 13.8. The number of carboxylic acid groups (broad SMARTS) is 3. The van der Waals surface area contributed by atoms with Crippen molar-refractivity contribution in [2.24, 2.45) is 45.8 Å². The van der Waals surface area contributed by atoms with Crippen molar-refractivity contribution in [3.63, 3.8) is 0 Å². The molecule has 0 radical (unpaired) electrons. The van der Waals surface area contributed by atoms with Crippen molar-refractivity contribution in [1.29, 1.82) is 0 Å². The summed E-state index contributed by atoms with van der Waals surface area (Å²) in [6.07, 6.45) is 2.39. The van der Waals surface area contributed by atoms with Crippen LogP contribution in [0.15, 0.2) is 11.6 Å². The number of fused-ring (bicyclic) bond motifs is 2. The second-order valence-corrected chi connectivity index (χ2v) is 16.2. The Kier molecular flexibility index (Phi) is 9.99. The Morgan fingerprint density at radius 1 is 1.00 bits per heavy atom. The van der Waals surface area contributed by atoms with E-state index in [9.17, 15) is 34.5 Å². The molecule has 13 atom stereocenters. The van der Waals surface area contributed by atoms with Gasteiger partial charge in [0, 0.05) is 18.9 Å². The monoisotopic (exact) mass is 706 g/mol. The van der Waals surface area contributed by atoms with E-state index in [0.29, 0.717) is 37.7 Å². The van der Waals surface area contributed by atoms with Gasteiger partial charge < -0.3 is 44.1 Å². The van der Waals surface area contributed by atoms with Crippen LogP contribution < -0.4 is 0 Å². The van der Waals surface area contributed by atoms with E-state index in [4.69, 9.17) is 28.8 Å². The zero-order chi connectivity index (χ0) is 36.4. The van der Waals surface area contributed by atoms with Crippen LogP contribution in [0, 0.1) is 45.8 Å². The van der Waals surface area contributed by atoms with Gasteiger partial charge in [0.05, 0.1) is 18.1 Å². The minimum Gasteiger partial charge on any atom is -0.481 e. The highest BCUT2D eigenvalue weighted by Crippen LogP contribution is 2.83. The second kappa shape index (κ2) is 13.4. The summed E-state index contributed by atoms with van der Waals surface area (Å²) in [6.45, 7) is 7.46. The first-order valence-electron chi connectivity index (χ1n) is 18.4. The Bertz CT molecular complexity index is 1390. The molecule has 280 valence electrons. The lowest BCUT2D eigenvalue weighted by Crippen LogP contribution is -2.68. The predicted molar refractivity (Wildman–Crippen MR) is 174 cm³/mol. The first-order valence-corrected chi connectivity index (χ1v) is 18.4. The van der Waals surface area contributed by atoms with Crippen molar-refractivity contribution in [1.82, 2.24) is 0 Å². The van der Waals surface area contributed by atoms with Crippen LogP contribution in [-0.4, -0.2) is 94.5 Å². The van der Waals surface area contributed by atoms with Gasteiger partial charge in [-0.3, -0.25) is 14.4 Å². The molecule has 3 saturated carbocycles. The fourth-order valence-electron chi connectivity index (χ4n) is 11.6. The van der Waals surface area contributed by atoms with Gasteiger partial charge in [0.25, 0.3) is 5.79 Å². The number of carbonyl (C=O) groups is 4. The summed E-state index contributed by atoms with van der Waals surface area (Å²) in [5.74, 6) is -6.25. The van der Waals surface area contributed by atoms with Crippen molar-refractivity contribution in [3.8, 4) is 0 Å². The van der Waals surface area contributed by atoms with Crippen molar-refractivity contribution in [3.05, 3.63) is 11.6 Å². The lowest BCUT2D eigenvalue weighted by Gasteiger charge is -2.58. The molecule has 50 heavy (non-hydrogen) atoms. The molecule has 0 amide bonds. The number of carboxylic acids is 3. The maximum atomic E-state index is 13.8. The number of carbonyl (C=O) groups excluding carboxylic acids is 1. The molecule has 5 fully saturated rings. The van der Waals surface area contributed by atoms with Gasteiger partial charge in [-0.05, 0) is 68.6 Å². The lowest BCUT2D eigenvalue weighted by molar-refractivity contribution is -0.386. The van der Waals surface area contributed by atoms with Crippen molar-refractivity contribution < 1.29 is 63.3 Å². The quantitative estimate of drug-likeness (QED) is 0.106. The summed E-state index contributed by atoms with van der Waals surface area (Å²) in [5, 5.41) is 43.1. The number of aliphatic hydroxyl groups is 1. The van der Waals surface area contributed by atoms with Gasteiger partial charge in [-0.1, -0.05) is 64.5 Å². The van der Waals surface area contributed by atoms with Crippen LogP contribution in [0.25, 0.3) is 0 Å². The average Bonchev–Trinajstić information content (AvgIpc) is 3.72. The van der Waals surface area contributed by atoms with Crippen molar-refractivity contribution in [2.75, 3.05) is 13.7 Å². The molecule has 6 rings (SSSR count). The minimum absolute atomic E-state index is 0.00414. The molecular weight excluding hydrogens is 652 g/mol. The molecule has 13 unspecified atom stereocenters. The number of ether oxygens (including phenoxy) is 5. The summed E-state index contributed by atoms with van der Waals surface area (Å²) < 4.78 is 30.4. The number of aliphatic hydroxyl groups excluding tert-OH is 1. The largest absolute Gasteiger partial charge is 0.481 e. The van der Waals surface area contributed by atoms with Gasteiger partial charge in [0.1, 0.15) is 5.41 Å². The van der Waals surface area contributed by atoms with Crippen molar-refractivity contribution >= 4 is 23.9 Å². The Morgan fingerprint density at radius 3 is 2.34 bits per heavy atom. The van der Waals surface area contributed by atoms with Crippen LogP contribution in [0.5, 0.6) is 0 Å². The smallest absolute Gasteiger partial charge is 0.338 e. The molecule has 2 saturated heterocycles. The highest BCUT2D eigenvalue weighted by molar-refractivity contribution is 5.94. The fraction of sp³-hybridized carbons (Fsp3) is 0.838. The third kappa shape index (κ3) is 5.11. The second-order valence-electron chi connectivity index (χ2n) is 16.2. The first kappa shape index (κ1) is 37.2. The number of aliphatic carboxylic acids is 3. The summed E-state index contributed by atoms with van der Waals surface area (Å²) in [6, 6.07) is 0. The third-order valence-electron chi connectivity index (χ3n) is 13.5. The zero-order valence-corrected chi connectivity index (χ0v) is 29.8. The van der Waals surface area contributed by atoms with Crippen LogP contribution in [-0.2, 0) is 42.9 Å². The van der Waals surface area contributed by atoms with Crippen LogP contribution >= 0.6 is 0 Å². The zero-order valence-electron chi connectivity index (χ0n) is 29.8. The maximum Gasteiger partial charge on any atom is 0.338 e. The Balaban J connectivity index is 1.25. The van der Waals surface area contributed by atoms with Gasteiger partial charge in [-0.15, -0.1) is 0 Å². The van der Waals surface area contributed by atoms with E-state index in [0.717, 1.165) is 25.7 Å². The molecule has 13 nitrogen and oxygen atoms in total. The number of unbranched alkanes of at least 4 members (excludes halogenated alkanes) is 4. The number of methoxy groups -OCH3 is 1. The van der Waals surface area contributed by atoms with E-state index in [1.165, 1.54) is 7.11 Å². The molecule has 13 heteroatoms. The van der Waals surface area contributed by atoms with E-state index < -0.39 is 76.6 Å². The van der Waals surface area contributed by atoms with E-state index in [1.54, 1.807) is 6.92 Å². The predicted octanol–water partition coefficient (Wildman–Crippen LogP) is 4.39. The molecule has 0 aromatic heterocycles. The molecule has 2 heterocycles. The van der Waals surface area contributed by atoms with Crippen LogP contribution in [0.2, 0.25) is 0 Å². The number of rotatable bonds is 15. The number of hydrogen-bond acceptors (Lipinski definition) is 10.